The van der Waals surface area contributed by atoms with Gasteiger partial charge in [0.15, 0.2) is 0 Å². The minimum atomic E-state index is -1.18. The molecule has 6 rings (SSSR count). The minimum Gasteiger partial charge on any atom is -0.368 e. The van der Waals surface area contributed by atoms with Crippen molar-refractivity contribution in [2.75, 3.05) is 6.54 Å². The predicted molar refractivity (Wildman–Crippen MR) is 265 cm³/mol. The number of fused-ring (bicyclic) bond motifs is 1. The maximum Gasteiger partial charge on any atom is 0.243 e. The number of rotatable bonds is 25. The van der Waals surface area contributed by atoms with Crippen LogP contribution in [0.3, 0.4) is 0 Å². The average Bonchev–Trinajstić information content (AvgIpc) is 3.98. The number of carbonyl (C=O) groups is 6. The summed E-state index contributed by atoms with van der Waals surface area (Å²) in [6, 6.07) is 20.0. The van der Waals surface area contributed by atoms with E-state index >= 15 is 0 Å². The summed E-state index contributed by atoms with van der Waals surface area (Å²) in [5.74, 6) is -4.07. The van der Waals surface area contributed by atoms with Crippen molar-refractivity contribution in [1.82, 2.24) is 41.1 Å². The number of imidazole rings is 1. The number of benzene rings is 3. The van der Waals surface area contributed by atoms with Gasteiger partial charge in [-0.25, -0.2) is 4.98 Å². The predicted octanol–water partition coefficient (Wildman–Crippen LogP) is 3.04. The highest BCUT2D eigenvalue weighted by Crippen LogP contribution is 2.28. The summed E-state index contributed by atoms with van der Waals surface area (Å²) in [4.78, 5) is 91.5. The molecule has 3 aromatic carbocycles. The number of amides is 6. The first-order chi connectivity index (χ1) is 33.3. The summed E-state index contributed by atoms with van der Waals surface area (Å²) < 4.78 is 1.87. The van der Waals surface area contributed by atoms with E-state index in [9.17, 15) is 28.8 Å². The highest BCUT2D eigenvalue weighted by Gasteiger charge is 2.35. The van der Waals surface area contributed by atoms with Crippen LogP contribution in [0.4, 0.5) is 0 Å². The van der Waals surface area contributed by atoms with E-state index in [4.69, 9.17) is 17.2 Å². The van der Waals surface area contributed by atoms with Crippen molar-refractivity contribution in [3.05, 3.63) is 126 Å². The van der Waals surface area contributed by atoms with E-state index in [-0.39, 0.29) is 25.2 Å². The lowest BCUT2D eigenvalue weighted by Crippen LogP contribution is -2.61. The minimum absolute atomic E-state index is 0.0149. The largest absolute Gasteiger partial charge is 0.368 e. The molecule has 6 atom stereocenters. The molecule has 0 bridgehead atoms. The first-order valence-corrected chi connectivity index (χ1v) is 24.2. The maximum absolute atomic E-state index is 14.6. The lowest BCUT2D eigenvalue weighted by Gasteiger charge is -2.31. The third kappa shape index (κ3) is 15.3. The van der Waals surface area contributed by atoms with Gasteiger partial charge < -0.3 is 53.3 Å². The summed E-state index contributed by atoms with van der Waals surface area (Å²) in [5.41, 5.74) is 21.7. The highest BCUT2D eigenvalue weighted by molar-refractivity contribution is 5.97. The molecule has 0 spiro atoms. The normalized spacial score (nSPS) is 15.6. The number of H-pyrrole nitrogens is 1. The first-order valence-electron chi connectivity index (χ1n) is 24.2. The molecule has 5 aromatic rings. The zero-order valence-corrected chi connectivity index (χ0v) is 39.7. The Balaban J connectivity index is 1.19. The van der Waals surface area contributed by atoms with Crippen molar-refractivity contribution in [3.8, 4) is 0 Å². The van der Waals surface area contributed by atoms with Gasteiger partial charge in [0.05, 0.1) is 18.1 Å². The Kier molecular flexibility index (Phi) is 19.0. The Hall–Kier alpha value is -6.85. The van der Waals surface area contributed by atoms with Gasteiger partial charge in [-0.1, -0.05) is 125 Å². The number of aromatic nitrogens is 3. The summed E-state index contributed by atoms with van der Waals surface area (Å²) in [7, 11) is 0. The van der Waals surface area contributed by atoms with Gasteiger partial charge in [0.2, 0.25) is 35.4 Å². The summed E-state index contributed by atoms with van der Waals surface area (Å²) >= 11 is 0. The molecule has 6 amide bonds. The Morgan fingerprint density at radius 1 is 0.696 bits per heavy atom. The quantitative estimate of drug-likeness (QED) is 0.0416. The third-order valence-electron chi connectivity index (χ3n) is 12.8. The molecule has 2 aromatic heterocycles. The molecular weight excluding hydrogens is 875 g/mol. The Morgan fingerprint density at radius 3 is 1.96 bits per heavy atom. The van der Waals surface area contributed by atoms with Gasteiger partial charge in [0.25, 0.3) is 0 Å². The molecule has 17 heteroatoms. The van der Waals surface area contributed by atoms with E-state index in [1.54, 1.807) is 32.6 Å². The number of aromatic amines is 1. The fraction of sp³-hybridized carbons (Fsp3) is 0.442. The van der Waals surface area contributed by atoms with Gasteiger partial charge >= 0.3 is 0 Å². The van der Waals surface area contributed by atoms with Crippen LogP contribution in [0, 0.1) is 11.8 Å². The van der Waals surface area contributed by atoms with Crippen LogP contribution in [0.25, 0.3) is 10.9 Å². The summed E-state index contributed by atoms with van der Waals surface area (Å²) in [5, 5.41) is 15.2. The van der Waals surface area contributed by atoms with Crippen molar-refractivity contribution in [2.24, 2.45) is 29.0 Å². The third-order valence-corrected chi connectivity index (χ3v) is 12.8. The Labute approximate surface area is 403 Å². The fourth-order valence-corrected chi connectivity index (χ4v) is 8.94. The number of hydrogen-bond acceptors (Lipinski definition) is 9. The van der Waals surface area contributed by atoms with E-state index in [0.717, 1.165) is 59.7 Å². The van der Waals surface area contributed by atoms with Crippen LogP contribution < -0.4 is 43.8 Å². The van der Waals surface area contributed by atoms with Gasteiger partial charge in [-0.3, -0.25) is 28.8 Å². The van der Waals surface area contributed by atoms with Crippen LogP contribution in [-0.2, 0) is 54.6 Å². The average molecular weight is 944 g/mol. The molecule has 1 aliphatic rings. The number of hydrogen-bond donors (Lipinski definition) is 9. The molecule has 1 fully saturated rings. The van der Waals surface area contributed by atoms with Crippen LogP contribution in [0.15, 0.2) is 104 Å². The second-order valence-electron chi connectivity index (χ2n) is 18.6. The molecule has 0 radical (unpaired) electrons. The zero-order valence-electron chi connectivity index (χ0n) is 39.7. The molecule has 0 saturated heterocycles. The van der Waals surface area contributed by atoms with Gasteiger partial charge in [-0.2, -0.15) is 0 Å². The number of carbonyl (C=O) groups excluding carboxylic acids is 6. The summed E-state index contributed by atoms with van der Waals surface area (Å²) in [6.45, 7) is 4.45. The monoisotopic (exact) mass is 944 g/mol. The molecule has 69 heavy (non-hydrogen) atoms. The van der Waals surface area contributed by atoms with E-state index < -0.39 is 77.6 Å². The van der Waals surface area contributed by atoms with E-state index in [1.807, 2.05) is 89.5 Å². The fourth-order valence-electron chi connectivity index (χ4n) is 8.94. The number of nitrogens with one attached hydrogen (secondary N) is 6. The van der Waals surface area contributed by atoms with Gasteiger partial charge in [0, 0.05) is 49.1 Å². The number of para-hydroxylation sites is 1. The standard InChI is InChI=1S/C52H69N11O6/c1-33(2)46(52(69)61-43(25-34-15-6-3-7-16-34)49(66)58-42(47(55)64)28-38-31-63(32-57-38)30-36-19-10-5-11-20-36)62-51(68)44(26-35-17-8-4-9-18-35)60-50(67)45(59-48(65)40(54)22-14-24-53)27-37-29-56-41-23-13-12-21-39(37)41/h3,5-7,10-13,15-16,19-21,23,29,31-33,35,40,42-46,56H,4,8-9,14,17-18,22,24-28,30,53-54H2,1-2H3,(H2,55,64)(H,58,66)(H,59,65)(H,60,67)(H,61,69)(H,62,68)/t40-,42-,43+,44-,45+,46-/m0/s1. The number of primary amides is 1. The smallest absolute Gasteiger partial charge is 0.243 e. The molecular formula is C52H69N11O6. The van der Waals surface area contributed by atoms with E-state index in [0.29, 0.717) is 38.0 Å². The molecule has 0 unspecified atom stereocenters. The Morgan fingerprint density at radius 2 is 1.29 bits per heavy atom. The molecule has 1 aliphatic carbocycles. The van der Waals surface area contributed by atoms with Crippen molar-refractivity contribution in [2.45, 2.75) is 127 Å². The van der Waals surface area contributed by atoms with Crippen LogP contribution >= 0.6 is 0 Å². The second-order valence-corrected chi connectivity index (χ2v) is 18.6. The van der Waals surface area contributed by atoms with E-state index in [1.165, 1.54) is 0 Å². The van der Waals surface area contributed by atoms with E-state index in [2.05, 4.69) is 36.6 Å². The lowest BCUT2D eigenvalue weighted by atomic mass is 9.84. The highest BCUT2D eigenvalue weighted by atomic mass is 16.2. The zero-order chi connectivity index (χ0) is 49.3. The van der Waals surface area contributed by atoms with Crippen molar-refractivity contribution < 1.29 is 28.8 Å². The molecule has 0 aliphatic heterocycles. The van der Waals surface area contributed by atoms with Crippen LogP contribution in [0.2, 0.25) is 0 Å². The van der Waals surface area contributed by atoms with Crippen LogP contribution in [0.1, 0.15) is 87.6 Å². The van der Waals surface area contributed by atoms with Crippen LogP contribution in [0.5, 0.6) is 0 Å². The molecule has 368 valence electrons. The molecule has 1 saturated carbocycles. The molecule has 17 nitrogen and oxygen atoms in total. The van der Waals surface area contributed by atoms with Crippen molar-refractivity contribution in [1.29, 1.82) is 0 Å². The number of nitrogens with zero attached hydrogens (tertiary/aromatic N) is 2. The first kappa shape index (κ1) is 51.5. The van der Waals surface area contributed by atoms with Crippen molar-refractivity contribution >= 4 is 46.3 Å². The molecule has 12 N–H and O–H groups in total. The lowest BCUT2D eigenvalue weighted by molar-refractivity contribution is -0.136. The second kappa shape index (κ2) is 25.5. The topological polar surface area (TPSA) is 274 Å². The van der Waals surface area contributed by atoms with Gasteiger partial charge in [-0.15, -0.1) is 0 Å². The van der Waals surface area contributed by atoms with Crippen LogP contribution in [-0.4, -0.2) is 92.8 Å². The SMILES string of the molecule is CC(C)[C@H](NC(=O)[C@H](CC1CCCCC1)NC(=O)[C@@H](Cc1c[nH]c2ccccc12)NC(=O)[C@@H](N)CCCN)C(=O)N[C@H](Cc1ccccc1)C(=O)N[C@@H](Cc1cn(Cc2ccccc2)cn1)C(N)=O. The molecule has 2 heterocycles. The maximum atomic E-state index is 14.6. The Bertz CT molecular complexity index is 2470. The van der Waals surface area contributed by atoms with Gasteiger partial charge in [-0.05, 0) is 60.4 Å². The summed E-state index contributed by atoms with van der Waals surface area (Å²) in [6.07, 6.45) is 11.4. The number of nitrogens with two attached hydrogens (primary N) is 3. The van der Waals surface area contributed by atoms with Gasteiger partial charge in [0.1, 0.15) is 30.2 Å². The van der Waals surface area contributed by atoms with Crippen molar-refractivity contribution in [3.63, 3.8) is 0 Å².